The van der Waals surface area contributed by atoms with Crippen LogP contribution in [0.1, 0.15) is 80.1 Å². The molecule has 2 N–H and O–H groups in total. The lowest BCUT2D eigenvalue weighted by molar-refractivity contribution is -0.143. The minimum Gasteiger partial charge on any atom is -0.462 e. The van der Waals surface area contributed by atoms with Crippen molar-refractivity contribution in [2.75, 3.05) is 13.2 Å². The lowest BCUT2D eigenvalue weighted by atomic mass is 9.61. The number of amides is 2. The Morgan fingerprint density at radius 2 is 0.955 bits per heavy atom. The molecule has 4 rings (SSSR count). The molecule has 0 aromatic heterocycles. The Hall–Kier alpha value is -12.9. The van der Waals surface area contributed by atoms with Gasteiger partial charge in [-0.3, -0.25) is 14.4 Å². The van der Waals surface area contributed by atoms with Crippen molar-refractivity contribution in [2.24, 2.45) is 23.7 Å². The molecule has 0 spiro atoms. The van der Waals surface area contributed by atoms with Crippen LogP contribution in [-0.2, 0) is 38.1 Å². The number of fused-ring (bicyclic) bond motifs is 2. The van der Waals surface area contributed by atoms with Crippen molar-refractivity contribution in [3.8, 4) is 0 Å². The normalized spacial score (nSPS) is 17.0. The second kappa shape index (κ2) is 48.6. The average molecular weight is 1170 g/mol. The van der Waals surface area contributed by atoms with Crippen LogP contribution in [0.25, 0.3) is 0 Å². The molecule has 89 heavy (non-hydrogen) atoms. The molecule has 1 aliphatic heterocycles. The van der Waals surface area contributed by atoms with Gasteiger partial charge in [0.1, 0.15) is 18.0 Å². The molecule has 12 nitrogen and oxygen atoms in total. The molecule has 4 aliphatic rings. The van der Waals surface area contributed by atoms with E-state index < -0.39 is 24.3 Å². The van der Waals surface area contributed by atoms with Crippen LogP contribution in [0, 0.1) is 23.7 Å². The number of carbonyl (C=O) groups is 6. The number of hydrogen-bond acceptors (Lipinski definition) is 10. The maximum Gasteiger partial charge on any atom is 0.407 e. The Balaban J connectivity index is 0.000000596. The summed E-state index contributed by atoms with van der Waals surface area (Å²) in [5, 5.41) is 5.68. The number of hydrogen-bond donors (Lipinski definition) is 2. The van der Waals surface area contributed by atoms with E-state index in [9.17, 15) is 28.8 Å². The SMILES string of the molecule is C=C=C=C=C=C=C=C=C=C=C=C=C=C=C=C=C=C=C=C.C=C=C=C=C=C=C=C=C=C=C=C=C=C=C=C=C=C=C=C=C.CCOC(=O)N[C@@H]1CCC=C(/C=C/C(=O)OC(C)/C=C\C(C)=O)C1.CCOC(=O)N[C@@H]1CC[C@@H]2C(=C[C@H]3C(=O)O[C@H](C)[C@H]3[C@H]2C(C)=O)C1. The molecule has 2 fully saturated rings. The van der Waals surface area contributed by atoms with Crippen molar-refractivity contribution in [3.05, 3.63) is 286 Å². The highest BCUT2D eigenvalue weighted by molar-refractivity contribution is 5.87. The lowest BCUT2D eigenvalue weighted by Crippen LogP contribution is -2.46. The number of alkyl carbamates (subject to hydrolysis) is 2. The highest BCUT2D eigenvalue weighted by Gasteiger charge is 2.53. The quantitative estimate of drug-likeness (QED) is 0.0707. The largest absolute Gasteiger partial charge is 0.462 e. The monoisotopic (exact) mass is 1170 g/mol. The third kappa shape index (κ3) is 36.3. The molecule has 8 atom stereocenters. The van der Waals surface area contributed by atoms with Crippen molar-refractivity contribution < 1.29 is 47.7 Å². The van der Waals surface area contributed by atoms with Crippen molar-refractivity contribution in [2.45, 2.75) is 104 Å². The third-order valence-electron chi connectivity index (χ3n) is 11.3. The summed E-state index contributed by atoms with van der Waals surface area (Å²) in [6.07, 6.45) is 13.1. The van der Waals surface area contributed by atoms with Crippen LogP contribution in [0.15, 0.2) is 286 Å². The van der Waals surface area contributed by atoms with Gasteiger partial charge in [0.2, 0.25) is 0 Å². The van der Waals surface area contributed by atoms with Gasteiger partial charge in [0.15, 0.2) is 5.78 Å². The summed E-state index contributed by atoms with van der Waals surface area (Å²) < 4.78 is 20.3. The van der Waals surface area contributed by atoms with E-state index in [0.29, 0.717) is 26.1 Å². The molecule has 1 saturated carbocycles. The zero-order chi connectivity index (χ0) is 65.5. The van der Waals surface area contributed by atoms with Gasteiger partial charge in [-0.1, -0.05) is 46.7 Å². The highest BCUT2D eigenvalue weighted by Crippen LogP contribution is 2.50. The first-order valence-electron chi connectivity index (χ1n) is 27.0. The predicted molar refractivity (Wildman–Crippen MR) is 329 cm³/mol. The van der Waals surface area contributed by atoms with Crippen LogP contribution in [0.3, 0.4) is 0 Å². The van der Waals surface area contributed by atoms with Crippen LogP contribution in [0.5, 0.6) is 0 Å². The fraction of sp³-hybridized carbons (Fsp3) is 0.286. The average Bonchev–Trinajstić information content (AvgIpc) is 1.72. The summed E-state index contributed by atoms with van der Waals surface area (Å²) in [5.41, 5.74) is 93.4. The van der Waals surface area contributed by atoms with E-state index >= 15 is 0 Å². The molecule has 12 heteroatoms. The smallest absolute Gasteiger partial charge is 0.407 e. The Morgan fingerprint density at radius 3 is 1.31 bits per heavy atom. The number of nitrogens with one attached hydrogen (secondary N) is 2. The number of ketones is 2. The standard InChI is InChI=1S/C21H4.C20H4.2C18H25NO5/c1-3-5-7-9-11-13-15-17-19-21-20-18-16-14-12-10-8-6-4-2;1-3-5-7-9-11-13-15-17-19-20-18-16-14-12-10-8-6-4-2;1-4-23-18(22)19-12-5-6-13-11(7-12)8-14-16(15(13)9(2)20)10(3)24-17(14)21;1-4-23-18(22)19-16-7-5-6-15(12-16)10-11-17(21)24-14(3)9-8-13(2)20/h1-2H2;1-2H2;8,10,12-16H,4-7H2,1-3H3,(H,19,22);6,8-11,14,16H,4-5,7,12H2,1-3H3,(H,19,22)/b;;;9-8-,11-10+/t;;10-,12-,13-,14-,15+,16-;14?,16-/m..11/s1. The van der Waals surface area contributed by atoms with Crippen molar-refractivity contribution in [1.29, 1.82) is 0 Å². The second-order valence-corrected chi connectivity index (χ2v) is 17.5. The fourth-order valence-electron chi connectivity index (χ4n) is 8.04. The molecule has 0 bridgehead atoms. The van der Waals surface area contributed by atoms with Gasteiger partial charge in [0.05, 0.1) is 19.1 Å². The van der Waals surface area contributed by atoms with E-state index in [1.54, 1.807) is 33.8 Å². The summed E-state index contributed by atoms with van der Waals surface area (Å²) in [5.74, 6) is -1.08. The first kappa shape index (κ1) is 74.1. The van der Waals surface area contributed by atoms with E-state index in [4.69, 9.17) is 18.9 Å². The Morgan fingerprint density at radius 1 is 0.573 bits per heavy atom. The molecule has 1 saturated heterocycles. The number of rotatable bonds is 10. The van der Waals surface area contributed by atoms with Gasteiger partial charge in [0, 0.05) is 35.7 Å². The van der Waals surface area contributed by atoms with Gasteiger partial charge in [0.25, 0.3) is 0 Å². The minimum absolute atomic E-state index is 0.00199. The second-order valence-electron chi connectivity index (χ2n) is 17.5. The summed E-state index contributed by atoms with van der Waals surface area (Å²) in [4.78, 5) is 70.1. The van der Waals surface area contributed by atoms with Gasteiger partial charge in [-0.25, -0.2) is 14.4 Å². The van der Waals surface area contributed by atoms with E-state index in [-0.39, 0.29) is 59.4 Å². The first-order valence-corrected chi connectivity index (χ1v) is 27.0. The summed E-state index contributed by atoms with van der Waals surface area (Å²) in [6.45, 7) is 24.0. The van der Waals surface area contributed by atoms with Crippen LogP contribution in [0.4, 0.5) is 9.59 Å². The van der Waals surface area contributed by atoms with E-state index in [0.717, 1.165) is 36.8 Å². The maximum absolute atomic E-state index is 12.3. The summed E-state index contributed by atoms with van der Waals surface area (Å²) >= 11 is 0. The maximum atomic E-state index is 12.3. The highest BCUT2D eigenvalue weighted by atomic mass is 16.6. The van der Waals surface area contributed by atoms with Gasteiger partial charge in [-0.05, 0) is 313 Å². The van der Waals surface area contributed by atoms with E-state index in [2.05, 4.69) is 249 Å². The molecule has 0 radical (unpaired) electrons. The number of allylic oxidation sites excluding steroid dienone is 3. The molecule has 0 aromatic carbocycles. The Labute approximate surface area is 518 Å². The number of cyclic esters (lactones) is 1. The van der Waals surface area contributed by atoms with Crippen molar-refractivity contribution >= 4 is 35.7 Å². The molecule has 1 heterocycles. The number of carbonyl (C=O) groups excluding carboxylic acids is 6. The Kier molecular flexibility index (Phi) is 40.5. The summed E-state index contributed by atoms with van der Waals surface area (Å²) in [6, 6.07) is -0.00676. The lowest BCUT2D eigenvalue weighted by Gasteiger charge is -2.42. The molecule has 3 aliphatic carbocycles. The first-order chi connectivity index (χ1) is 43.1. The third-order valence-corrected chi connectivity index (χ3v) is 11.3. The molecule has 436 valence electrons. The molecule has 0 aromatic rings. The van der Waals surface area contributed by atoms with Gasteiger partial charge in [-0.15, -0.1) is 0 Å². The minimum atomic E-state index is -0.475. The summed E-state index contributed by atoms with van der Waals surface area (Å²) in [7, 11) is 0. The molecule has 2 amide bonds. The number of esters is 2. The fourth-order valence-corrected chi connectivity index (χ4v) is 8.04. The Bertz CT molecular complexity index is 4220. The zero-order valence-electron chi connectivity index (χ0n) is 50.2. The molecular weight excluding hydrogens is 1110 g/mol. The van der Waals surface area contributed by atoms with Crippen LogP contribution >= 0.6 is 0 Å². The van der Waals surface area contributed by atoms with Crippen LogP contribution in [0.2, 0.25) is 0 Å². The van der Waals surface area contributed by atoms with Gasteiger partial charge >= 0.3 is 24.1 Å². The van der Waals surface area contributed by atoms with Crippen LogP contribution < -0.4 is 10.6 Å². The van der Waals surface area contributed by atoms with Crippen molar-refractivity contribution in [1.82, 2.24) is 10.6 Å². The van der Waals surface area contributed by atoms with Gasteiger partial charge < -0.3 is 29.6 Å². The van der Waals surface area contributed by atoms with Gasteiger partial charge in [-0.2, -0.15) is 0 Å². The van der Waals surface area contributed by atoms with E-state index in [1.165, 1.54) is 25.2 Å². The topological polar surface area (TPSA) is 163 Å². The van der Waals surface area contributed by atoms with Crippen molar-refractivity contribution in [3.63, 3.8) is 0 Å². The molecular formula is C77H58N2O10. The number of Topliss-reactive ketones (excluding diaryl/α,β-unsaturated/α-hetero) is 1. The zero-order valence-corrected chi connectivity index (χ0v) is 50.2. The predicted octanol–water partition coefficient (Wildman–Crippen LogP) is 12.4. The number of ether oxygens (including phenoxy) is 4. The molecule has 1 unspecified atom stereocenters. The van der Waals surface area contributed by atoms with Crippen LogP contribution in [-0.4, -0.2) is 73.2 Å². The van der Waals surface area contributed by atoms with E-state index in [1.807, 2.05) is 19.1 Å².